The second-order valence-electron chi connectivity index (χ2n) is 4.51. The molecule has 2 aromatic rings. The van der Waals surface area contributed by atoms with Crippen molar-refractivity contribution < 1.29 is 4.74 Å². The second-order valence-corrected chi connectivity index (χ2v) is 4.51. The van der Waals surface area contributed by atoms with Gasteiger partial charge in [0.2, 0.25) is 0 Å². The first kappa shape index (κ1) is 13.5. The van der Waals surface area contributed by atoms with Crippen molar-refractivity contribution in [2.45, 2.75) is 19.4 Å². The Morgan fingerprint density at radius 2 is 2.16 bits per heavy atom. The van der Waals surface area contributed by atoms with Crippen molar-refractivity contribution >= 4 is 0 Å². The number of ether oxygens (including phenoxy) is 1. The molecular weight excluding hydrogens is 238 g/mol. The van der Waals surface area contributed by atoms with Gasteiger partial charge < -0.3 is 4.74 Å². The third-order valence-corrected chi connectivity index (χ3v) is 3.11. The molecule has 1 unspecified atom stereocenters. The van der Waals surface area contributed by atoms with Gasteiger partial charge in [-0.1, -0.05) is 18.2 Å². The maximum Gasteiger partial charge on any atom is 0.119 e. The van der Waals surface area contributed by atoms with Crippen LogP contribution in [-0.2, 0) is 6.42 Å². The molecule has 0 saturated carbocycles. The number of aromatic nitrogens is 1. The monoisotopic (exact) mass is 257 g/mol. The highest BCUT2D eigenvalue weighted by molar-refractivity contribution is 5.30. The van der Waals surface area contributed by atoms with Crippen LogP contribution in [0.5, 0.6) is 5.75 Å². The lowest BCUT2D eigenvalue weighted by Crippen LogP contribution is -2.29. The maximum atomic E-state index is 5.65. The van der Waals surface area contributed by atoms with Crippen molar-refractivity contribution in [2.75, 3.05) is 7.11 Å². The molecule has 0 aliphatic rings. The molecule has 3 N–H and O–H groups in total. The summed E-state index contributed by atoms with van der Waals surface area (Å²) in [4.78, 5) is 4.30. The average molecular weight is 257 g/mol. The first-order valence-electron chi connectivity index (χ1n) is 6.24. The van der Waals surface area contributed by atoms with E-state index in [1.54, 1.807) is 7.11 Å². The molecular formula is C15H19N3O. The lowest BCUT2D eigenvalue weighted by molar-refractivity contribution is 0.414. The summed E-state index contributed by atoms with van der Waals surface area (Å²) in [6.45, 7) is 1.97. The third kappa shape index (κ3) is 3.53. The van der Waals surface area contributed by atoms with Gasteiger partial charge in [0, 0.05) is 11.9 Å². The van der Waals surface area contributed by atoms with E-state index in [0.717, 1.165) is 23.4 Å². The van der Waals surface area contributed by atoms with Crippen molar-refractivity contribution in [1.29, 1.82) is 0 Å². The maximum absolute atomic E-state index is 5.65. The first-order valence-corrected chi connectivity index (χ1v) is 6.24. The summed E-state index contributed by atoms with van der Waals surface area (Å²) in [5.41, 5.74) is 6.09. The summed E-state index contributed by atoms with van der Waals surface area (Å²) in [6.07, 6.45) is 2.65. The minimum absolute atomic E-state index is 0.0419. The molecule has 0 amide bonds. The van der Waals surface area contributed by atoms with Gasteiger partial charge in [0.15, 0.2) is 0 Å². The van der Waals surface area contributed by atoms with Crippen LogP contribution in [0.2, 0.25) is 0 Å². The Morgan fingerprint density at radius 1 is 1.32 bits per heavy atom. The van der Waals surface area contributed by atoms with Crippen LogP contribution in [0.15, 0.2) is 42.6 Å². The Hall–Kier alpha value is -1.91. The number of hydrogen-bond donors (Lipinski definition) is 2. The molecule has 0 aliphatic heterocycles. The van der Waals surface area contributed by atoms with Crippen LogP contribution < -0.4 is 16.0 Å². The molecule has 4 nitrogen and oxygen atoms in total. The van der Waals surface area contributed by atoms with E-state index in [2.05, 4.69) is 16.5 Å². The number of hydrogen-bond acceptors (Lipinski definition) is 4. The molecule has 0 fully saturated rings. The third-order valence-electron chi connectivity index (χ3n) is 3.11. The predicted octanol–water partition coefficient (Wildman–Crippen LogP) is 2.15. The van der Waals surface area contributed by atoms with Crippen molar-refractivity contribution in [3.05, 3.63) is 59.4 Å². The van der Waals surface area contributed by atoms with E-state index in [1.165, 1.54) is 5.56 Å². The van der Waals surface area contributed by atoms with Crippen LogP contribution in [0.1, 0.15) is 22.9 Å². The summed E-state index contributed by atoms with van der Waals surface area (Å²) in [5.74, 6) is 6.51. The van der Waals surface area contributed by atoms with E-state index in [-0.39, 0.29) is 6.04 Å². The van der Waals surface area contributed by atoms with Gasteiger partial charge in [-0.2, -0.15) is 0 Å². The summed E-state index contributed by atoms with van der Waals surface area (Å²) in [7, 11) is 1.67. The van der Waals surface area contributed by atoms with Crippen LogP contribution in [0.3, 0.4) is 0 Å². The van der Waals surface area contributed by atoms with Gasteiger partial charge in [-0.05, 0) is 42.7 Å². The minimum atomic E-state index is 0.0419. The number of aryl methyl sites for hydroxylation is 1. The zero-order chi connectivity index (χ0) is 13.7. The molecule has 1 atom stereocenters. The second kappa shape index (κ2) is 6.31. The van der Waals surface area contributed by atoms with E-state index in [4.69, 9.17) is 10.6 Å². The van der Waals surface area contributed by atoms with Crippen molar-refractivity contribution in [3.8, 4) is 5.75 Å². The SMILES string of the molecule is COc1cccc(CC(NN)c2ccc(C)nc2)c1. The fraction of sp³-hybridized carbons (Fsp3) is 0.267. The van der Waals surface area contributed by atoms with Crippen molar-refractivity contribution in [3.63, 3.8) is 0 Å². The molecule has 19 heavy (non-hydrogen) atoms. The smallest absolute Gasteiger partial charge is 0.119 e. The molecule has 2 rings (SSSR count). The number of nitrogens with zero attached hydrogens (tertiary/aromatic N) is 1. The predicted molar refractivity (Wildman–Crippen MR) is 75.7 cm³/mol. The Kier molecular flexibility index (Phi) is 4.49. The standard InChI is InChI=1S/C15H19N3O/c1-11-6-7-13(10-17-11)15(18-16)9-12-4-3-5-14(8-12)19-2/h3-8,10,15,18H,9,16H2,1-2H3. The Balaban J connectivity index is 2.16. The van der Waals surface area contributed by atoms with Crippen LogP contribution in [0.4, 0.5) is 0 Å². The van der Waals surface area contributed by atoms with E-state index < -0.39 is 0 Å². The Bertz CT molecular complexity index is 525. The average Bonchev–Trinajstić information content (AvgIpc) is 2.46. The highest BCUT2D eigenvalue weighted by Gasteiger charge is 2.11. The Labute approximate surface area is 113 Å². The molecule has 0 aliphatic carbocycles. The number of methoxy groups -OCH3 is 1. The number of rotatable bonds is 5. The molecule has 0 radical (unpaired) electrons. The van der Waals surface area contributed by atoms with Gasteiger partial charge >= 0.3 is 0 Å². The summed E-state index contributed by atoms with van der Waals surface area (Å²) >= 11 is 0. The van der Waals surface area contributed by atoms with Gasteiger partial charge in [0.1, 0.15) is 5.75 Å². The van der Waals surface area contributed by atoms with Crippen molar-refractivity contribution in [2.24, 2.45) is 5.84 Å². The molecule has 1 aromatic carbocycles. The number of pyridine rings is 1. The van der Waals surface area contributed by atoms with Crippen LogP contribution in [-0.4, -0.2) is 12.1 Å². The van der Waals surface area contributed by atoms with E-state index in [9.17, 15) is 0 Å². The number of nitrogens with one attached hydrogen (secondary N) is 1. The van der Waals surface area contributed by atoms with E-state index in [1.807, 2.05) is 43.5 Å². The van der Waals surface area contributed by atoms with Gasteiger partial charge in [-0.3, -0.25) is 16.3 Å². The summed E-state index contributed by atoms with van der Waals surface area (Å²) in [5, 5.41) is 0. The molecule has 0 saturated heterocycles. The minimum Gasteiger partial charge on any atom is -0.497 e. The molecule has 4 heteroatoms. The molecule has 100 valence electrons. The van der Waals surface area contributed by atoms with Crippen LogP contribution in [0, 0.1) is 6.92 Å². The Morgan fingerprint density at radius 3 is 2.79 bits per heavy atom. The number of hydrazine groups is 1. The zero-order valence-corrected chi connectivity index (χ0v) is 11.3. The van der Waals surface area contributed by atoms with E-state index in [0.29, 0.717) is 0 Å². The van der Waals surface area contributed by atoms with Crippen LogP contribution in [0.25, 0.3) is 0 Å². The van der Waals surface area contributed by atoms with Crippen molar-refractivity contribution in [1.82, 2.24) is 10.4 Å². The van der Waals surface area contributed by atoms with Gasteiger partial charge in [0.05, 0.1) is 13.2 Å². The lowest BCUT2D eigenvalue weighted by Gasteiger charge is -2.16. The quantitative estimate of drug-likeness (QED) is 0.636. The molecule has 1 aromatic heterocycles. The molecule has 0 spiro atoms. The normalized spacial score (nSPS) is 12.2. The highest BCUT2D eigenvalue weighted by Crippen LogP contribution is 2.20. The molecule has 0 bridgehead atoms. The zero-order valence-electron chi connectivity index (χ0n) is 11.3. The summed E-state index contributed by atoms with van der Waals surface area (Å²) < 4.78 is 5.23. The van der Waals surface area contributed by atoms with Gasteiger partial charge in [0.25, 0.3) is 0 Å². The fourth-order valence-electron chi connectivity index (χ4n) is 1.99. The topological polar surface area (TPSA) is 60.2 Å². The van der Waals surface area contributed by atoms with Gasteiger partial charge in [-0.15, -0.1) is 0 Å². The van der Waals surface area contributed by atoms with Crippen LogP contribution >= 0.6 is 0 Å². The largest absolute Gasteiger partial charge is 0.497 e. The molecule has 1 heterocycles. The number of benzene rings is 1. The first-order chi connectivity index (χ1) is 9.22. The number of nitrogens with two attached hydrogens (primary N) is 1. The summed E-state index contributed by atoms with van der Waals surface area (Å²) in [6, 6.07) is 12.1. The van der Waals surface area contributed by atoms with Gasteiger partial charge in [-0.25, -0.2) is 0 Å². The highest BCUT2D eigenvalue weighted by atomic mass is 16.5. The van der Waals surface area contributed by atoms with E-state index >= 15 is 0 Å². The lowest BCUT2D eigenvalue weighted by atomic mass is 10.0. The fourth-order valence-corrected chi connectivity index (χ4v) is 1.99.